The number of nitrogens with one attached hydrogen (secondary N) is 1. The number of hydrogen-bond acceptors (Lipinski definition) is 3. The van der Waals surface area contributed by atoms with Crippen LogP contribution < -0.4 is 0 Å². The Morgan fingerprint density at radius 2 is 1.63 bits per heavy atom. The number of nitrogens with zero attached hydrogens (tertiary/aromatic N) is 3. The Kier molecular flexibility index (Phi) is 5.03. The van der Waals surface area contributed by atoms with Gasteiger partial charge in [-0.25, -0.2) is 9.37 Å². The van der Waals surface area contributed by atoms with Crippen molar-refractivity contribution in [2.24, 2.45) is 10.9 Å². The van der Waals surface area contributed by atoms with Crippen LogP contribution in [-0.2, 0) is 6.42 Å². The number of hydrogen-bond donors (Lipinski definition) is 1. The zero-order valence-corrected chi connectivity index (χ0v) is 20.4. The van der Waals surface area contributed by atoms with E-state index in [2.05, 4.69) is 66.9 Å². The van der Waals surface area contributed by atoms with Crippen LogP contribution in [0.1, 0.15) is 45.0 Å². The number of benzene rings is 3. The minimum atomic E-state index is -0.264. The molecule has 0 amide bonds. The number of rotatable bonds is 4. The molecule has 35 heavy (non-hydrogen) atoms. The number of imidazole rings is 1. The van der Waals surface area contributed by atoms with E-state index >= 15 is 4.39 Å². The van der Waals surface area contributed by atoms with Gasteiger partial charge < -0.3 is 4.98 Å². The van der Waals surface area contributed by atoms with Crippen molar-refractivity contribution >= 4 is 32.9 Å². The maximum atomic E-state index is 15.2. The number of pyridine rings is 1. The van der Waals surface area contributed by atoms with Gasteiger partial charge in [-0.1, -0.05) is 45.9 Å². The molecule has 0 atom stereocenters. The number of H-pyrrole nitrogens is 1. The zero-order chi connectivity index (χ0) is 24.3. The van der Waals surface area contributed by atoms with Crippen LogP contribution in [0.2, 0.25) is 0 Å². The van der Waals surface area contributed by atoms with E-state index in [1.54, 1.807) is 12.3 Å². The van der Waals surface area contributed by atoms with E-state index < -0.39 is 0 Å². The minimum absolute atomic E-state index is 0.261. The standard InChI is InChI=1S/C30H27FN4/c1-16(2)27-13-24-20-7-5-18(11-23(20)21-9-10-32-14-25(21)29(24)34-27)19-6-8-22(26(31)12-19)28-15-33-30(35-28)17(3)4/h5-12,14-17H,13H2,1-4H3,(H,33,35). The summed E-state index contributed by atoms with van der Waals surface area (Å²) in [4.78, 5) is 17.0. The average molecular weight is 463 g/mol. The summed E-state index contributed by atoms with van der Waals surface area (Å²) in [7, 11) is 0. The van der Waals surface area contributed by atoms with Crippen molar-refractivity contribution < 1.29 is 4.39 Å². The molecule has 0 saturated heterocycles. The Labute approximate surface area is 204 Å². The monoisotopic (exact) mass is 462 g/mol. The molecule has 0 fully saturated rings. The molecule has 1 aliphatic heterocycles. The topological polar surface area (TPSA) is 53.9 Å². The van der Waals surface area contributed by atoms with E-state index in [1.807, 2.05) is 24.5 Å². The second kappa shape index (κ2) is 8.12. The lowest BCUT2D eigenvalue weighted by Crippen LogP contribution is -2.06. The van der Waals surface area contributed by atoms with Crippen molar-refractivity contribution in [2.75, 3.05) is 0 Å². The molecular weight excluding hydrogens is 435 g/mol. The Hall–Kier alpha value is -3.86. The van der Waals surface area contributed by atoms with Crippen molar-refractivity contribution in [3.63, 3.8) is 0 Å². The van der Waals surface area contributed by atoms with Gasteiger partial charge in [0.05, 0.1) is 17.6 Å². The van der Waals surface area contributed by atoms with Crippen molar-refractivity contribution in [1.29, 1.82) is 0 Å². The third-order valence-electron chi connectivity index (χ3n) is 7.01. The maximum absolute atomic E-state index is 15.2. The summed E-state index contributed by atoms with van der Waals surface area (Å²) in [5.41, 5.74) is 6.58. The van der Waals surface area contributed by atoms with Crippen LogP contribution in [0.15, 0.2) is 66.0 Å². The molecule has 1 N–H and O–H groups in total. The lowest BCUT2D eigenvalue weighted by Gasteiger charge is -2.12. The molecule has 0 bridgehead atoms. The molecule has 1 aliphatic rings. The van der Waals surface area contributed by atoms with Crippen molar-refractivity contribution in [3.05, 3.63) is 78.3 Å². The van der Waals surface area contributed by atoms with E-state index in [4.69, 9.17) is 4.99 Å². The summed E-state index contributed by atoms with van der Waals surface area (Å²) < 4.78 is 15.2. The fourth-order valence-electron chi connectivity index (χ4n) is 5.00. The fourth-order valence-corrected chi connectivity index (χ4v) is 5.00. The van der Waals surface area contributed by atoms with Crippen molar-refractivity contribution in [1.82, 2.24) is 15.0 Å². The van der Waals surface area contributed by atoms with Gasteiger partial charge in [0, 0.05) is 41.4 Å². The molecule has 0 spiro atoms. The largest absolute Gasteiger partial charge is 0.342 e. The normalized spacial score (nSPS) is 13.3. The average Bonchev–Trinajstić information content (AvgIpc) is 3.52. The van der Waals surface area contributed by atoms with Gasteiger partial charge in [-0.2, -0.15) is 0 Å². The van der Waals surface area contributed by atoms with Crippen LogP contribution in [0.5, 0.6) is 0 Å². The van der Waals surface area contributed by atoms with E-state index in [-0.39, 0.29) is 11.7 Å². The predicted molar refractivity (Wildman–Crippen MR) is 142 cm³/mol. The molecule has 6 rings (SSSR count). The third kappa shape index (κ3) is 3.54. The highest BCUT2D eigenvalue weighted by molar-refractivity contribution is 6.18. The van der Waals surface area contributed by atoms with Gasteiger partial charge in [-0.15, -0.1) is 0 Å². The van der Waals surface area contributed by atoms with Gasteiger partial charge in [0.25, 0.3) is 0 Å². The van der Waals surface area contributed by atoms with Gasteiger partial charge >= 0.3 is 0 Å². The third-order valence-corrected chi connectivity index (χ3v) is 7.01. The Balaban J connectivity index is 1.47. The number of halogens is 1. The maximum Gasteiger partial charge on any atom is 0.133 e. The first kappa shape index (κ1) is 21.7. The van der Waals surface area contributed by atoms with E-state index in [1.165, 1.54) is 16.7 Å². The first-order valence-electron chi connectivity index (χ1n) is 12.2. The lowest BCUT2D eigenvalue weighted by molar-refractivity contribution is 0.631. The highest BCUT2D eigenvalue weighted by Gasteiger charge is 2.23. The highest BCUT2D eigenvalue weighted by Crippen LogP contribution is 2.43. The number of aliphatic imine (C=N–C) groups is 1. The molecular formula is C30H27FN4. The van der Waals surface area contributed by atoms with Crippen LogP contribution in [0.4, 0.5) is 10.1 Å². The Morgan fingerprint density at radius 1 is 0.829 bits per heavy atom. The molecule has 2 aromatic heterocycles. The summed E-state index contributed by atoms with van der Waals surface area (Å²) in [5, 5.41) is 4.56. The molecule has 5 aromatic rings. The Bertz CT molecular complexity index is 1640. The summed E-state index contributed by atoms with van der Waals surface area (Å²) in [6, 6.07) is 13.9. The van der Waals surface area contributed by atoms with E-state index in [0.717, 1.165) is 45.2 Å². The van der Waals surface area contributed by atoms with Crippen LogP contribution in [0.3, 0.4) is 0 Å². The first-order chi connectivity index (χ1) is 16.9. The quantitative estimate of drug-likeness (QED) is 0.275. The lowest BCUT2D eigenvalue weighted by atomic mass is 9.91. The second-order valence-electron chi connectivity index (χ2n) is 9.97. The second-order valence-corrected chi connectivity index (χ2v) is 9.97. The van der Waals surface area contributed by atoms with E-state index in [0.29, 0.717) is 17.2 Å². The molecule has 3 heterocycles. The molecule has 0 saturated carbocycles. The number of fused-ring (bicyclic) bond motifs is 6. The first-order valence-corrected chi connectivity index (χ1v) is 12.2. The highest BCUT2D eigenvalue weighted by atomic mass is 19.1. The van der Waals surface area contributed by atoms with Gasteiger partial charge in [-0.3, -0.25) is 9.98 Å². The van der Waals surface area contributed by atoms with Crippen LogP contribution in [0.25, 0.3) is 43.9 Å². The van der Waals surface area contributed by atoms with Gasteiger partial charge in [0.1, 0.15) is 11.6 Å². The number of aromatic amines is 1. The van der Waals surface area contributed by atoms with Gasteiger partial charge in [0.2, 0.25) is 0 Å². The minimum Gasteiger partial charge on any atom is -0.342 e. The van der Waals surface area contributed by atoms with Crippen LogP contribution >= 0.6 is 0 Å². The molecule has 0 unspecified atom stereocenters. The Morgan fingerprint density at radius 3 is 2.37 bits per heavy atom. The summed E-state index contributed by atoms with van der Waals surface area (Å²) >= 11 is 0. The summed E-state index contributed by atoms with van der Waals surface area (Å²) in [6.07, 6.45) is 6.31. The zero-order valence-electron chi connectivity index (χ0n) is 20.4. The molecule has 0 radical (unpaired) electrons. The van der Waals surface area contributed by atoms with Crippen molar-refractivity contribution in [3.8, 4) is 22.4 Å². The summed E-state index contributed by atoms with van der Waals surface area (Å²) in [6.45, 7) is 8.51. The smallest absolute Gasteiger partial charge is 0.133 e. The van der Waals surface area contributed by atoms with Gasteiger partial charge in [-0.05, 0) is 63.0 Å². The van der Waals surface area contributed by atoms with Gasteiger partial charge in [0.15, 0.2) is 0 Å². The fraction of sp³-hybridized carbons (Fsp3) is 0.233. The van der Waals surface area contributed by atoms with Crippen LogP contribution in [0, 0.1) is 11.7 Å². The number of aromatic nitrogens is 3. The van der Waals surface area contributed by atoms with E-state index in [9.17, 15) is 0 Å². The SMILES string of the molecule is CC(C)C1=Nc2c(c3ccc(-c4ccc(-c5cnc(C(C)C)[nH]5)c(F)c4)cc3c3ccncc23)C1. The molecule has 174 valence electrons. The molecule has 3 aromatic carbocycles. The molecule has 4 nitrogen and oxygen atoms in total. The molecule has 5 heteroatoms. The van der Waals surface area contributed by atoms with Crippen LogP contribution in [-0.4, -0.2) is 20.7 Å². The predicted octanol–water partition coefficient (Wildman–Crippen LogP) is 7.99. The molecule has 0 aliphatic carbocycles. The van der Waals surface area contributed by atoms with Crippen molar-refractivity contribution in [2.45, 2.75) is 40.0 Å². The summed E-state index contributed by atoms with van der Waals surface area (Å²) in [5.74, 6) is 1.25.